The van der Waals surface area contributed by atoms with Crippen molar-refractivity contribution < 1.29 is 41.5 Å². The van der Waals surface area contributed by atoms with Gasteiger partial charge >= 0.3 is 33.0 Å². The normalized spacial score (nSPS) is 9.75. The molecular formula is C57H59ClNO5P2Ru+3. The van der Waals surface area contributed by atoms with Gasteiger partial charge in [0, 0.05) is 18.7 Å². The van der Waals surface area contributed by atoms with Gasteiger partial charge in [-0.2, -0.15) is 0 Å². The minimum atomic E-state index is -0.758. The van der Waals surface area contributed by atoms with Gasteiger partial charge in [0.15, 0.2) is 0 Å². The van der Waals surface area contributed by atoms with Crippen molar-refractivity contribution in [1.82, 2.24) is 5.32 Å². The first kappa shape index (κ1) is 55.6. The topological polar surface area (TPSA) is 92.7 Å². The minimum Gasteiger partial charge on any atom is -0.310 e. The fourth-order valence-electron chi connectivity index (χ4n) is 6.52. The molecule has 344 valence electrons. The van der Waals surface area contributed by atoms with Crippen molar-refractivity contribution in [1.29, 1.82) is 0 Å². The van der Waals surface area contributed by atoms with Gasteiger partial charge in [0.05, 0.1) is 61.6 Å². The Morgan fingerprint density at radius 3 is 1.09 bits per heavy atom. The largest absolute Gasteiger partial charge is 0.310 e. The van der Waals surface area contributed by atoms with Gasteiger partial charge in [-0.15, -0.1) is 0 Å². The molecule has 8 aromatic rings. The van der Waals surface area contributed by atoms with Crippen LogP contribution in [0.3, 0.4) is 0 Å². The van der Waals surface area contributed by atoms with Gasteiger partial charge < -0.3 is 20.0 Å². The molecule has 2 N–H and O–H groups in total. The molecule has 0 atom stereocenters. The van der Waals surface area contributed by atoms with Crippen LogP contribution in [-0.4, -0.2) is 49.6 Å². The molecule has 0 aliphatic carbocycles. The van der Waals surface area contributed by atoms with E-state index in [0.717, 1.165) is 36.1 Å². The van der Waals surface area contributed by atoms with Gasteiger partial charge in [-0.05, 0) is 71.8 Å². The summed E-state index contributed by atoms with van der Waals surface area (Å²) >= 11 is 1.62. The first-order valence-corrected chi connectivity index (χ1v) is 27.4. The first-order valence-electron chi connectivity index (χ1n) is 21.6. The molecule has 0 radical (unpaired) electrons. The summed E-state index contributed by atoms with van der Waals surface area (Å²) in [4.78, 5) is 29.4. The van der Waals surface area contributed by atoms with Gasteiger partial charge in [0.25, 0.3) is 0 Å². The molecule has 0 aliphatic heterocycles. The molecule has 0 fully saturated rings. The van der Waals surface area contributed by atoms with Crippen LogP contribution in [0.15, 0.2) is 243 Å². The molecule has 0 aromatic heterocycles. The summed E-state index contributed by atoms with van der Waals surface area (Å²) in [7, 11) is 3.09. The summed E-state index contributed by atoms with van der Waals surface area (Å²) in [6.45, 7) is 5.84. The van der Waals surface area contributed by atoms with Gasteiger partial charge in [-0.3, -0.25) is 11.6 Å². The van der Waals surface area contributed by atoms with Crippen molar-refractivity contribution in [2.24, 2.45) is 0 Å². The van der Waals surface area contributed by atoms with Crippen molar-refractivity contribution in [2.45, 2.75) is 13.2 Å². The number of aliphatic hydroxyl groups excluding tert-OH is 1. The molecule has 0 bridgehead atoms. The van der Waals surface area contributed by atoms with Gasteiger partial charge in [0.1, 0.15) is 12.9 Å². The number of ether oxygens (including phenoxy) is 1. The van der Waals surface area contributed by atoms with Crippen molar-refractivity contribution in [3.05, 3.63) is 265 Å². The Hall–Kier alpha value is -5.74. The maximum Gasteiger partial charge on any atom is 0.0967 e. The zero-order valence-corrected chi connectivity index (χ0v) is 41.9. The average molecular weight is 1040 g/mol. The first-order chi connectivity index (χ1) is 33.1. The van der Waals surface area contributed by atoms with Crippen LogP contribution in [-0.2, 0) is 40.1 Å². The number of hydrogen-bond acceptors (Lipinski definition) is 6. The van der Waals surface area contributed by atoms with E-state index < -0.39 is 15.8 Å². The number of aliphatic hydroxyl groups is 1. The number of carbonyl (C=O) groups excluding carboxylic acids is 3. The van der Waals surface area contributed by atoms with Crippen LogP contribution in [0.2, 0.25) is 0 Å². The Bertz CT molecular complexity index is 2250. The number of halogens is 1. The van der Waals surface area contributed by atoms with E-state index in [4.69, 9.17) is 14.6 Å². The number of hydrogen-bond donors (Lipinski definition) is 2. The second-order valence-electron chi connectivity index (χ2n) is 14.3. The zero-order chi connectivity index (χ0) is 48.0. The molecule has 0 spiro atoms. The number of nitrogens with one attached hydrogen (secondary N) is 1. The molecule has 0 saturated carbocycles. The molecule has 0 unspecified atom stereocenters. The van der Waals surface area contributed by atoms with E-state index in [2.05, 4.69) is 143 Å². The SMILES string of the molecule is O=C(OCc1ccccc1)c1ccccc1.O=Cc1ccccc1.OCc1ccccc1.[CH-]=O.[Cl][RuH+2].c1ccc([PH+](CCNCC[PH+](c2ccccc2)c2ccccc2)c2ccccc2)cc1. The van der Waals surface area contributed by atoms with Crippen LogP contribution < -0.4 is 26.5 Å². The third-order valence-electron chi connectivity index (χ3n) is 9.78. The van der Waals surface area contributed by atoms with Crippen LogP contribution in [0.5, 0.6) is 0 Å². The number of rotatable bonds is 15. The summed E-state index contributed by atoms with van der Waals surface area (Å²) < 4.78 is 5.18. The summed E-state index contributed by atoms with van der Waals surface area (Å²) in [6.07, 6.45) is 3.24. The van der Waals surface area contributed by atoms with E-state index >= 15 is 0 Å². The monoisotopic (exact) mass is 1040 g/mol. The second-order valence-corrected chi connectivity index (χ2v) is 19.5. The molecule has 0 saturated heterocycles. The average Bonchev–Trinajstić information content (AvgIpc) is 3.43. The number of carbonyl (C=O) groups is 2. The third-order valence-corrected chi connectivity index (χ3v) is 15.4. The molecule has 0 heterocycles. The van der Waals surface area contributed by atoms with E-state index in [1.165, 1.54) is 33.5 Å². The summed E-state index contributed by atoms with van der Waals surface area (Å²) in [5.41, 5.74) is 3.27. The van der Waals surface area contributed by atoms with Crippen LogP contribution in [0.25, 0.3) is 0 Å². The van der Waals surface area contributed by atoms with Gasteiger partial charge in [0.2, 0.25) is 0 Å². The molecule has 8 rings (SSSR count). The Balaban J connectivity index is 0.000000273. The Kier molecular flexibility index (Phi) is 30.2. The Morgan fingerprint density at radius 1 is 0.493 bits per heavy atom. The standard InChI is InChI=1S/C28H29NP2.C14H12O2.C7H8O.C7H6O.CHO.ClH.Ru.H/c1-5-13-25(14-6-1)30(26-15-7-2-8-16-26)23-21-29-22-24-31(27-17-9-3-10-18-27)28-19-11-4-12-20-28;15-14(13-9-5-2-6-10-13)16-11-12-7-3-1-4-8-12;2*8-6-7-4-2-1-3-5-7;1-2;;;/h1-20,29H,21-24H2;1-10H,11H2;1-5,8H,6H2;1-6H;1H;1H;;/q;;;;-1;;+3;/p+1. The molecular weight excluding hydrogens is 977 g/mol. The van der Waals surface area contributed by atoms with Crippen molar-refractivity contribution >= 4 is 65.8 Å². The van der Waals surface area contributed by atoms with Crippen LogP contribution >= 0.6 is 25.5 Å². The van der Waals surface area contributed by atoms with Crippen LogP contribution in [0.4, 0.5) is 0 Å². The maximum atomic E-state index is 11.6. The van der Waals surface area contributed by atoms with E-state index in [9.17, 15) is 9.59 Å². The van der Waals surface area contributed by atoms with Crippen molar-refractivity contribution in [3.8, 4) is 0 Å². The van der Waals surface area contributed by atoms with Gasteiger partial charge in [-0.1, -0.05) is 182 Å². The number of benzene rings is 8. The van der Waals surface area contributed by atoms with Crippen LogP contribution in [0, 0.1) is 0 Å². The summed E-state index contributed by atoms with van der Waals surface area (Å²) in [5.74, 6) is -0.288. The molecule has 8 aromatic carbocycles. The smallest absolute Gasteiger partial charge is 0.0967 e. The maximum absolute atomic E-state index is 11.6. The van der Waals surface area contributed by atoms with Crippen molar-refractivity contribution in [2.75, 3.05) is 25.4 Å². The van der Waals surface area contributed by atoms with Crippen LogP contribution in [0.1, 0.15) is 31.8 Å². The van der Waals surface area contributed by atoms with Crippen molar-refractivity contribution in [3.63, 3.8) is 0 Å². The fourth-order valence-corrected chi connectivity index (χ4v) is 11.6. The van der Waals surface area contributed by atoms with E-state index in [1.807, 2.05) is 97.1 Å². The fraction of sp³-hybridized carbons (Fsp3) is 0.105. The molecule has 10 heteroatoms. The summed E-state index contributed by atoms with van der Waals surface area (Å²) in [6, 6.07) is 81.5. The quantitative estimate of drug-likeness (QED) is 0.0266. The second kappa shape index (κ2) is 36.4. The Labute approximate surface area is 413 Å². The summed E-state index contributed by atoms with van der Waals surface area (Å²) in [5, 5.41) is 18.3. The molecule has 0 aliphatic rings. The molecule has 0 amide bonds. The van der Waals surface area contributed by atoms with Gasteiger partial charge in [-0.25, -0.2) is 4.79 Å². The van der Waals surface area contributed by atoms with E-state index in [0.29, 0.717) is 12.2 Å². The molecule has 6 nitrogen and oxygen atoms in total. The number of aldehydes is 1. The predicted octanol–water partition coefficient (Wildman–Crippen LogP) is 10.2. The Morgan fingerprint density at radius 2 is 0.791 bits per heavy atom. The third kappa shape index (κ3) is 22.5. The molecule has 67 heavy (non-hydrogen) atoms. The minimum absolute atomic E-state index is 0.140. The van der Waals surface area contributed by atoms with E-state index in [1.54, 1.807) is 41.6 Å². The number of esters is 1. The van der Waals surface area contributed by atoms with E-state index in [-0.39, 0.29) is 12.6 Å². The predicted molar refractivity (Wildman–Crippen MR) is 284 cm³/mol. The zero-order valence-electron chi connectivity index (χ0n) is 37.3.